The third-order valence-electron chi connectivity index (χ3n) is 1.52. The minimum absolute atomic E-state index is 0. The molecular weight excluding hydrogens is 178 g/mol. The Morgan fingerprint density at radius 1 is 1.58 bits per heavy atom. The molecule has 0 aromatic rings. The van der Waals surface area contributed by atoms with Gasteiger partial charge in [0.1, 0.15) is 13.1 Å². The van der Waals surface area contributed by atoms with Gasteiger partial charge in [0.15, 0.2) is 0 Å². The summed E-state index contributed by atoms with van der Waals surface area (Å²) in [5, 5.41) is 8.63. The number of nitrogens with zero attached hydrogens (tertiary/aromatic N) is 1. The second kappa shape index (κ2) is 6.17. The predicted octanol–water partition coefficient (Wildman–Crippen LogP) is -3.19. The standard InChI is InChI=1S/C8H16NO2.ClH/c1-4-8(11)7-9(2,3)5-6-10;/h4,10H,1,5-7H2,2-3H3;1H/q+1;/p-1. The number of likely N-dealkylation sites (N-methyl/N-ethyl adjacent to an activating group) is 1. The third kappa shape index (κ3) is 6.34. The van der Waals surface area contributed by atoms with Gasteiger partial charge in [0.25, 0.3) is 0 Å². The van der Waals surface area contributed by atoms with Gasteiger partial charge in [-0.2, -0.15) is 0 Å². The molecule has 0 aliphatic carbocycles. The Hall–Kier alpha value is -0.380. The van der Waals surface area contributed by atoms with Crippen LogP contribution in [0.15, 0.2) is 12.7 Å². The van der Waals surface area contributed by atoms with Crippen molar-refractivity contribution >= 4 is 5.78 Å². The molecule has 0 bridgehead atoms. The fourth-order valence-corrected chi connectivity index (χ4v) is 0.836. The van der Waals surface area contributed by atoms with E-state index in [1.807, 2.05) is 14.1 Å². The summed E-state index contributed by atoms with van der Waals surface area (Å²) < 4.78 is 0.515. The molecule has 0 heterocycles. The first-order chi connectivity index (χ1) is 5.02. The number of halogens is 1. The molecule has 3 nitrogen and oxygen atoms in total. The summed E-state index contributed by atoms with van der Waals surface area (Å²) in [4.78, 5) is 10.9. The van der Waals surface area contributed by atoms with Gasteiger partial charge in [0.2, 0.25) is 5.78 Å². The Bertz CT molecular complexity index is 157. The van der Waals surface area contributed by atoms with Gasteiger partial charge in [-0.1, -0.05) is 6.58 Å². The summed E-state index contributed by atoms with van der Waals surface area (Å²) in [5.41, 5.74) is 0. The summed E-state index contributed by atoms with van der Waals surface area (Å²) in [6.45, 7) is 4.50. The van der Waals surface area contributed by atoms with Crippen molar-refractivity contribution in [1.82, 2.24) is 0 Å². The summed E-state index contributed by atoms with van der Waals surface area (Å²) >= 11 is 0. The Balaban J connectivity index is 0. The number of hydrogen-bond donors (Lipinski definition) is 1. The van der Waals surface area contributed by atoms with Gasteiger partial charge in [-0.15, -0.1) is 0 Å². The monoisotopic (exact) mass is 193 g/mol. The van der Waals surface area contributed by atoms with E-state index in [1.165, 1.54) is 6.08 Å². The van der Waals surface area contributed by atoms with Gasteiger partial charge in [-0.05, 0) is 6.08 Å². The van der Waals surface area contributed by atoms with Crippen LogP contribution < -0.4 is 12.4 Å². The molecule has 12 heavy (non-hydrogen) atoms. The van der Waals surface area contributed by atoms with Crippen LogP contribution in [0.5, 0.6) is 0 Å². The summed E-state index contributed by atoms with van der Waals surface area (Å²) in [6.07, 6.45) is 1.32. The number of quaternary nitrogens is 1. The second-order valence-electron chi connectivity index (χ2n) is 3.21. The van der Waals surface area contributed by atoms with Gasteiger partial charge >= 0.3 is 0 Å². The number of hydrogen-bond acceptors (Lipinski definition) is 2. The number of ketones is 1. The Morgan fingerprint density at radius 3 is 2.42 bits per heavy atom. The van der Waals surface area contributed by atoms with Crippen LogP contribution >= 0.6 is 0 Å². The van der Waals surface area contributed by atoms with Crippen molar-refractivity contribution in [2.75, 3.05) is 33.8 Å². The van der Waals surface area contributed by atoms with Crippen molar-refractivity contribution in [3.05, 3.63) is 12.7 Å². The van der Waals surface area contributed by atoms with Crippen LogP contribution in [0.2, 0.25) is 0 Å². The molecule has 4 heteroatoms. The van der Waals surface area contributed by atoms with E-state index < -0.39 is 0 Å². The van der Waals surface area contributed by atoms with Crippen LogP contribution in [-0.2, 0) is 4.79 Å². The van der Waals surface area contributed by atoms with E-state index in [1.54, 1.807) is 0 Å². The minimum Gasteiger partial charge on any atom is -1.00 e. The lowest BCUT2D eigenvalue weighted by Crippen LogP contribution is -3.00. The minimum atomic E-state index is 0. The quantitative estimate of drug-likeness (QED) is 0.369. The highest BCUT2D eigenvalue weighted by Gasteiger charge is 2.16. The van der Waals surface area contributed by atoms with Crippen LogP contribution in [0.3, 0.4) is 0 Å². The van der Waals surface area contributed by atoms with E-state index in [2.05, 4.69) is 6.58 Å². The predicted molar refractivity (Wildman–Crippen MR) is 44.1 cm³/mol. The third-order valence-corrected chi connectivity index (χ3v) is 1.52. The summed E-state index contributed by atoms with van der Waals surface area (Å²) in [6, 6.07) is 0. The van der Waals surface area contributed by atoms with Crippen molar-refractivity contribution in [1.29, 1.82) is 0 Å². The first-order valence-corrected chi connectivity index (χ1v) is 3.60. The van der Waals surface area contributed by atoms with Crippen molar-refractivity contribution in [2.24, 2.45) is 0 Å². The van der Waals surface area contributed by atoms with Crippen molar-refractivity contribution in [2.45, 2.75) is 0 Å². The molecule has 0 atom stereocenters. The van der Waals surface area contributed by atoms with Crippen LogP contribution in [0.25, 0.3) is 0 Å². The Morgan fingerprint density at radius 2 is 2.08 bits per heavy atom. The maximum absolute atomic E-state index is 10.9. The van der Waals surface area contributed by atoms with Gasteiger partial charge < -0.3 is 22.0 Å². The lowest BCUT2D eigenvalue weighted by molar-refractivity contribution is -0.882. The molecule has 0 aliphatic rings. The molecule has 1 N–H and O–H groups in total. The smallest absolute Gasteiger partial charge is 0.209 e. The van der Waals surface area contributed by atoms with Crippen LogP contribution in [0.4, 0.5) is 0 Å². The summed E-state index contributed by atoms with van der Waals surface area (Å²) in [5.74, 6) is 0.0171. The highest BCUT2D eigenvalue weighted by atomic mass is 35.5. The zero-order chi connectivity index (χ0) is 8.91. The van der Waals surface area contributed by atoms with E-state index in [0.717, 1.165) is 0 Å². The van der Waals surface area contributed by atoms with Crippen LogP contribution in [0, 0.1) is 0 Å². The number of carbonyl (C=O) groups is 1. The van der Waals surface area contributed by atoms with Crippen LogP contribution in [-0.4, -0.2) is 49.2 Å². The SMILES string of the molecule is C=CC(=O)C[N+](C)(C)CCO.[Cl-]. The number of carbonyl (C=O) groups excluding carboxylic acids is 1. The topological polar surface area (TPSA) is 37.3 Å². The van der Waals surface area contributed by atoms with Crippen molar-refractivity contribution in [3.63, 3.8) is 0 Å². The molecule has 0 saturated carbocycles. The average molecular weight is 194 g/mol. The van der Waals surface area contributed by atoms with Crippen LogP contribution in [0.1, 0.15) is 0 Å². The normalized spacial score (nSPS) is 10.2. The molecule has 0 aromatic carbocycles. The van der Waals surface area contributed by atoms with E-state index in [4.69, 9.17) is 5.11 Å². The first kappa shape index (κ1) is 14.2. The molecule has 0 saturated heterocycles. The molecule has 0 spiro atoms. The molecule has 0 aromatic heterocycles. The van der Waals surface area contributed by atoms with E-state index in [0.29, 0.717) is 17.6 Å². The molecule has 72 valence electrons. The fourth-order valence-electron chi connectivity index (χ4n) is 0.836. The van der Waals surface area contributed by atoms with Crippen molar-refractivity contribution < 1.29 is 26.8 Å². The molecule has 0 aliphatic heterocycles. The van der Waals surface area contributed by atoms with E-state index >= 15 is 0 Å². The maximum atomic E-state index is 10.9. The maximum Gasteiger partial charge on any atom is 0.209 e. The van der Waals surface area contributed by atoms with Gasteiger partial charge in [-0.25, -0.2) is 0 Å². The first-order valence-electron chi connectivity index (χ1n) is 3.60. The highest BCUT2D eigenvalue weighted by molar-refractivity contribution is 5.90. The molecule has 0 unspecified atom stereocenters. The van der Waals surface area contributed by atoms with E-state index in [-0.39, 0.29) is 24.8 Å². The largest absolute Gasteiger partial charge is 1.00 e. The lowest BCUT2D eigenvalue weighted by Gasteiger charge is -2.27. The zero-order valence-electron chi connectivity index (χ0n) is 7.59. The molecule has 0 rings (SSSR count). The molecule has 0 radical (unpaired) electrons. The Labute approximate surface area is 79.7 Å². The number of aliphatic hydroxyl groups is 1. The zero-order valence-corrected chi connectivity index (χ0v) is 8.34. The summed E-state index contributed by atoms with van der Waals surface area (Å²) in [7, 11) is 3.80. The lowest BCUT2D eigenvalue weighted by atomic mass is 10.3. The molecule has 0 amide bonds. The van der Waals surface area contributed by atoms with E-state index in [9.17, 15) is 4.79 Å². The Kier molecular flexibility index (Phi) is 7.28. The van der Waals surface area contributed by atoms with Gasteiger partial charge in [0, 0.05) is 0 Å². The molecule has 0 fully saturated rings. The molecular formula is C8H16ClNO2. The van der Waals surface area contributed by atoms with Crippen molar-refractivity contribution in [3.8, 4) is 0 Å². The highest BCUT2D eigenvalue weighted by Crippen LogP contribution is 1.95. The fraction of sp³-hybridized carbons (Fsp3) is 0.625. The van der Waals surface area contributed by atoms with Gasteiger partial charge in [0.05, 0.1) is 20.7 Å². The van der Waals surface area contributed by atoms with Gasteiger partial charge in [-0.3, -0.25) is 4.79 Å². The number of rotatable bonds is 5. The number of aliphatic hydroxyl groups excluding tert-OH is 1. The second-order valence-corrected chi connectivity index (χ2v) is 3.21. The average Bonchev–Trinajstić information content (AvgIpc) is 1.86.